The molecule has 3 rings (SSSR count). The van der Waals surface area contributed by atoms with Crippen molar-refractivity contribution >= 4 is 44.8 Å². The maximum absolute atomic E-state index is 13.0. The van der Waals surface area contributed by atoms with E-state index >= 15 is 0 Å². The summed E-state index contributed by atoms with van der Waals surface area (Å²) in [4.78, 5) is 12.6. The SMILES string of the molecule is COc1ccc(NC(=O)c2cc(S(=O)(=O)N3CCOCC3)c(Cl)cc2Cl)cc1OC. The Morgan fingerprint density at radius 2 is 1.70 bits per heavy atom. The van der Waals surface area contributed by atoms with Crippen LogP contribution in [-0.2, 0) is 14.8 Å². The number of morpholine rings is 1. The van der Waals surface area contributed by atoms with Crippen LogP contribution in [-0.4, -0.2) is 59.2 Å². The third-order valence-corrected chi connectivity index (χ3v) is 7.17. The van der Waals surface area contributed by atoms with Crippen LogP contribution in [0.15, 0.2) is 35.2 Å². The quantitative estimate of drug-likeness (QED) is 0.690. The lowest BCUT2D eigenvalue weighted by Crippen LogP contribution is -2.40. The number of nitrogens with zero attached hydrogens (tertiary/aromatic N) is 1. The third-order valence-electron chi connectivity index (χ3n) is 4.50. The number of hydrogen-bond donors (Lipinski definition) is 1. The molecule has 0 aromatic heterocycles. The van der Waals surface area contributed by atoms with Gasteiger partial charge in [0.1, 0.15) is 4.90 Å². The number of anilines is 1. The molecule has 1 heterocycles. The van der Waals surface area contributed by atoms with E-state index in [0.29, 0.717) is 17.2 Å². The van der Waals surface area contributed by atoms with E-state index in [9.17, 15) is 13.2 Å². The van der Waals surface area contributed by atoms with E-state index in [1.54, 1.807) is 18.2 Å². The van der Waals surface area contributed by atoms with Crippen LogP contribution in [0.3, 0.4) is 0 Å². The molecule has 2 aromatic carbocycles. The number of methoxy groups -OCH3 is 2. The van der Waals surface area contributed by atoms with Crippen molar-refractivity contribution in [1.82, 2.24) is 4.31 Å². The van der Waals surface area contributed by atoms with Gasteiger partial charge in [-0.05, 0) is 24.3 Å². The summed E-state index contributed by atoms with van der Waals surface area (Å²) in [6.07, 6.45) is 0. The Hall–Kier alpha value is -2.04. The van der Waals surface area contributed by atoms with Crippen molar-refractivity contribution < 1.29 is 27.4 Å². The predicted octanol–water partition coefficient (Wildman–Crippen LogP) is 3.28. The van der Waals surface area contributed by atoms with E-state index in [1.807, 2.05) is 0 Å². The zero-order valence-electron chi connectivity index (χ0n) is 16.3. The van der Waals surface area contributed by atoms with Gasteiger partial charge >= 0.3 is 0 Å². The molecule has 8 nitrogen and oxygen atoms in total. The average molecular weight is 475 g/mol. The first kappa shape index (κ1) is 22.6. The minimum Gasteiger partial charge on any atom is -0.493 e. The molecule has 0 aliphatic carbocycles. The van der Waals surface area contributed by atoms with Gasteiger partial charge in [-0.15, -0.1) is 0 Å². The van der Waals surface area contributed by atoms with E-state index in [2.05, 4.69) is 5.32 Å². The van der Waals surface area contributed by atoms with E-state index in [4.69, 9.17) is 37.4 Å². The molecular formula is C19H20Cl2N2O6S. The van der Waals surface area contributed by atoms with Crippen LogP contribution in [0.25, 0.3) is 0 Å². The lowest BCUT2D eigenvalue weighted by atomic mass is 10.2. The van der Waals surface area contributed by atoms with Crippen molar-refractivity contribution in [3.63, 3.8) is 0 Å². The van der Waals surface area contributed by atoms with E-state index < -0.39 is 15.9 Å². The van der Waals surface area contributed by atoms with Crippen molar-refractivity contribution in [2.75, 3.05) is 45.8 Å². The predicted molar refractivity (Wildman–Crippen MR) is 114 cm³/mol. The first-order valence-corrected chi connectivity index (χ1v) is 11.1. The van der Waals surface area contributed by atoms with Gasteiger partial charge in [0.05, 0.1) is 43.0 Å². The first-order valence-electron chi connectivity index (χ1n) is 8.88. The molecule has 0 atom stereocenters. The van der Waals surface area contributed by atoms with Crippen molar-refractivity contribution in [3.8, 4) is 11.5 Å². The van der Waals surface area contributed by atoms with E-state index in [0.717, 1.165) is 0 Å². The van der Waals surface area contributed by atoms with Gasteiger partial charge in [-0.25, -0.2) is 8.42 Å². The molecule has 1 aliphatic rings. The van der Waals surface area contributed by atoms with Crippen molar-refractivity contribution in [1.29, 1.82) is 0 Å². The topological polar surface area (TPSA) is 94.2 Å². The highest BCUT2D eigenvalue weighted by Crippen LogP contribution is 2.33. The molecule has 1 aliphatic heterocycles. The van der Waals surface area contributed by atoms with Crippen LogP contribution >= 0.6 is 23.2 Å². The Morgan fingerprint density at radius 1 is 1.03 bits per heavy atom. The fraction of sp³-hybridized carbons (Fsp3) is 0.316. The van der Waals surface area contributed by atoms with Crippen LogP contribution in [0.4, 0.5) is 5.69 Å². The summed E-state index contributed by atoms with van der Waals surface area (Å²) in [5.41, 5.74) is 0.393. The maximum atomic E-state index is 13.0. The van der Waals surface area contributed by atoms with Crippen LogP contribution in [0, 0.1) is 0 Å². The zero-order valence-corrected chi connectivity index (χ0v) is 18.6. The smallest absolute Gasteiger partial charge is 0.257 e. The summed E-state index contributed by atoms with van der Waals surface area (Å²) in [5, 5.41) is 2.64. The number of amides is 1. The minimum atomic E-state index is -3.91. The number of benzene rings is 2. The van der Waals surface area contributed by atoms with Crippen LogP contribution in [0.5, 0.6) is 11.5 Å². The molecule has 1 saturated heterocycles. The largest absolute Gasteiger partial charge is 0.493 e. The Morgan fingerprint density at radius 3 is 2.33 bits per heavy atom. The third kappa shape index (κ3) is 4.65. The van der Waals surface area contributed by atoms with Crippen LogP contribution in [0.1, 0.15) is 10.4 Å². The number of sulfonamides is 1. The summed E-state index contributed by atoms with van der Waals surface area (Å²) in [5.74, 6) is 0.328. The molecule has 0 spiro atoms. The number of ether oxygens (including phenoxy) is 3. The van der Waals surface area contributed by atoms with Gasteiger partial charge in [-0.2, -0.15) is 4.31 Å². The average Bonchev–Trinajstić information content (AvgIpc) is 2.74. The molecule has 162 valence electrons. The standard InChI is InChI=1S/C19H20Cl2N2O6S/c1-27-16-4-3-12(9-17(16)28-2)22-19(24)13-10-18(15(21)11-14(13)20)30(25,26)23-5-7-29-8-6-23/h3-4,9-11H,5-8H2,1-2H3,(H,22,24). The maximum Gasteiger partial charge on any atom is 0.257 e. The molecule has 1 N–H and O–H groups in total. The Labute approximate surface area is 184 Å². The minimum absolute atomic E-state index is 0.0253. The van der Waals surface area contributed by atoms with Gasteiger partial charge in [-0.3, -0.25) is 4.79 Å². The number of carbonyl (C=O) groups excluding carboxylic acids is 1. The molecule has 0 saturated carbocycles. The number of nitrogens with one attached hydrogen (secondary N) is 1. The molecule has 1 amide bonds. The number of halogens is 2. The Bertz CT molecular complexity index is 1060. The van der Waals surface area contributed by atoms with E-state index in [-0.39, 0.29) is 46.8 Å². The normalized spacial score (nSPS) is 14.9. The fourth-order valence-electron chi connectivity index (χ4n) is 2.94. The Balaban J connectivity index is 1.92. The summed E-state index contributed by atoms with van der Waals surface area (Å²) < 4.78 is 42.8. The van der Waals surface area contributed by atoms with Crippen LogP contribution < -0.4 is 14.8 Å². The molecule has 2 aromatic rings. The summed E-state index contributed by atoms with van der Waals surface area (Å²) in [7, 11) is -0.937. The second-order valence-corrected chi connectivity index (χ2v) is 9.02. The van der Waals surface area contributed by atoms with Gasteiger partial charge in [-0.1, -0.05) is 23.2 Å². The molecule has 11 heteroatoms. The van der Waals surface area contributed by atoms with Crippen molar-refractivity contribution in [2.45, 2.75) is 4.90 Å². The highest BCUT2D eigenvalue weighted by atomic mass is 35.5. The van der Waals surface area contributed by atoms with Gasteiger partial charge in [0.15, 0.2) is 11.5 Å². The number of hydrogen-bond acceptors (Lipinski definition) is 6. The second-order valence-electron chi connectivity index (χ2n) is 6.30. The molecule has 0 bridgehead atoms. The second kappa shape index (κ2) is 9.40. The zero-order chi connectivity index (χ0) is 21.9. The van der Waals surface area contributed by atoms with Crippen LogP contribution in [0.2, 0.25) is 10.0 Å². The van der Waals surface area contributed by atoms with Gasteiger partial charge < -0.3 is 19.5 Å². The lowest BCUT2D eigenvalue weighted by molar-refractivity contribution is 0.0730. The monoisotopic (exact) mass is 474 g/mol. The first-order chi connectivity index (χ1) is 14.3. The molecular weight excluding hydrogens is 455 g/mol. The Kier molecular flexibility index (Phi) is 7.10. The van der Waals surface area contributed by atoms with Crippen molar-refractivity contribution in [3.05, 3.63) is 45.9 Å². The fourth-order valence-corrected chi connectivity index (χ4v) is 5.18. The van der Waals surface area contributed by atoms with Gasteiger partial charge in [0, 0.05) is 24.8 Å². The summed E-state index contributed by atoms with van der Waals surface area (Å²) >= 11 is 12.3. The number of carbonyl (C=O) groups is 1. The highest BCUT2D eigenvalue weighted by Gasteiger charge is 2.30. The molecule has 30 heavy (non-hydrogen) atoms. The lowest BCUT2D eigenvalue weighted by Gasteiger charge is -2.26. The summed E-state index contributed by atoms with van der Waals surface area (Å²) in [6, 6.07) is 7.26. The number of rotatable bonds is 6. The van der Waals surface area contributed by atoms with Crippen molar-refractivity contribution in [2.24, 2.45) is 0 Å². The molecule has 0 unspecified atom stereocenters. The van der Waals surface area contributed by atoms with E-state index in [1.165, 1.54) is 30.7 Å². The summed E-state index contributed by atoms with van der Waals surface area (Å²) in [6.45, 7) is 0.983. The molecule has 1 fully saturated rings. The highest BCUT2D eigenvalue weighted by molar-refractivity contribution is 7.89. The van der Waals surface area contributed by atoms with Gasteiger partial charge in [0.25, 0.3) is 5.91 Å². The molecule has 0 radical (unpaired) electrons. The van der Waals surface area contributed by atoms with Gasteiger partial charge in [0.2, 0.25) is 10.0 Å².